The van der Waals surface area contributed by atoms with E-state index in [4.69, 9.17) is 4.18 Å². The molecule has 60 valence electrons. The Bertz CT molecular complexity index is 272. The third-order valence-corrected chi connectivity index (χ3v) is 1.76. The van der Waals surface area contributed by atoms with Gasteiger partial charge in [-0.05, 0) is 5.56 Å². The minimum absolute atomic E-state index is 0.316. The van der Waals surface area contributed by atoms with Gasteiger partial charge < -0.3 is 8.39 Å². The molecule has 0 bridgehead atoms. The Labute approximate surface area is 72.1 Å². The molecule has 2 nitrogen and oxygen atoms in total. The Kier molecular flexibility index (Phi) is 3.48. The first kappa shape index (κ1) is 8.64. The third kappa shape index (κ3) is 3.46. The molecule has 0 aliphatic carbocycles. The molecule has 0 unspecified atom stereocenters. The summed E-state index contributed by atoms with van der Waals surface area (Å²) in [4.78, 5) is 0. The van der Waals surface area contributed by atoms with Crippen molar-refractivity contribution in [1.82, 2.24) is 0 Å². The van der Waals surface area contributed by atoms with Gasteiger partial charge in [-0.2, -0.15) is 0 Å². The van der Waals surface area contributed by atoms with E-state index in [0.717, 1.165) is 5.56 Å². The molecule has 0 fully saturated rings. The first-order valence-corrected chi connectivity index (χ1v) is 5.05. The van der Waals surface area contributed by atoms with Crippen LogP contribution in [0, 0.1) is 0 Å². The zero-order valence-electron chi connectivity index (χ0n) is 5.73. The predicted molar refractivity (Wildman–Crippen MR) is 46.6 cm³/mol. The van der Waals surface area contributed by atoms with E-state index < -0.39 is 9.64 Å². The minimum Gasteiger partial charge on any atom is -0.439 e. The molecule has 0 spiro atoms. The lowest BCUT2D eigenvalue weighted by atomic mass is 10.2. The summed E-state index contributed by atoms with van der Waals surface area (Å²) in [5, 5.41) is 0. The van der Waals surface area contributed by atoms with Crippen molar-refractivity contribution in [3.63, 3.8) is 0 Å². The fourth-order valence-electron chi connectivity index (χ4n) is 0.690. The van der Waals surface area contributed by atoms with Gasteiger partial charge in [0.1, 0.15) is 0 Å². The zero-order chi connectivity index (χ0) is 8.10. The summed E-state index contributed by atoms with van der Waals surface area (Å²) in [7, 11) is -1.58. The molecule has 0 radical (unpaired) electrons. The lowest BCUT2D eigenvalue weighted by molar-refractivity contribution is 0.341. The van der Waals surface area contributed by atoms with E-state index >= 15 is 0 Å². The second-order valence-corrected chi connectivity index (χ2v) is 3.41. The Morgan fingerprint density at radius 2 is 2.00 bits per heavy atom. The first-order chi connectivity index (χ1) is 5.29. The summed E-state index contributed by atoms with van der Waals surface area (Å²) >= 11 is 4.33. The monoisotopic (exact) mass is 187 g/mol. The number of benzene rings is 1. The van der Waals surface area contributed by atoms with Gasteiger partial charge in [0, 0.05) is 0 Å². The van der Waals surface area contributed by atoms with Gasteiger partial charge in [-0.1, -0.05) is 40.0 Å². The average Bonchev–Trinajstić information content (AvgIpc) is 2.03. The van der Waals surface area contributed by atoms with E-state index in [-0.39, 0.29) is 0 Å². The second kappa shape index (κ2) is 4.43. The number of hydrogen-bond acceptors (Lipinski definition) is 4. The van der Waals surface area contributed by atoms with Gasteiger partial charge in [0.15, 0.2) is 0 Å². The van der Waals surface area contributed by atoms with Crippen LogP contribution < -0.4 is 0 Å². The van der Waals surface area contributed by atoms with Gasteiger partial charge in [-0.15, -0.1) is 0 Å². The van der Waals surface area contributed by atoms with E-state index in [1.54, 1.807) is 0 Å². The highest BCUT2D eigenvalue weighted by atomic mass is 32.8. The molecule has 0 heterocycles. The molecule has 4 heteroatoms. The summed E-state index contributed by atoms with van der Waals surface area (Å²) in [5.41, 5.74) is 0.978. The molecule has 0 amide bonds. The van der Waals surface area contributed by atoms with Crippen molar-refractivity contribution in [3.05, 3.63) is 35.9 Å². The van der Waals surface area contributed by atoms with Crippen LogP contribution in [-0.2, 0) is 35.8 Å². The van der Waals surface area contributed by atoms with Crippen LogP contribution in [0.15, 0.2) is 30.3 Å². The largest absolute Gasteiger partial charge is 0.439 e. The van der Waals surface area contributed by atoms with E-state index in [1.165, 1.54) is 0 Å². The average molecular weight is 187 g/mol. The second-order valence-electron chi connectivity index (χ2n) is 1.95. The molecule has 0 atom stereocenters. The summed E-state index contributed by atoms with van der Waals surface area (Å²) in [6.45, 7) is 0.316. The molecule has 0 N–H and O–H groups in total. The number of hydrogen-bond donors (Lipinski definition) is 0. The van der Waals surface area contributed by atoms with Gasteiger partial charge in [0.05, 0.1) is 6.61 Å². The molecule has 0 saturated carbocycles. The minimum atomic E-state index is -1.58. The van der Waals surface area contributed by atoms with Gasteiger partial charge in [0.25, 0.3) is 0 Å². The van der Waals surface area contributed by atoms with Crippen molar-refractivity contribution in [1.29, 1.82) is 0 Å². The molecule has 0 aliphatic rings. The lowest BCUT2D eigenvalue weighted by Crippen LogP contribution is -1.87. The first-order valence-electron chi connectivity index (χ1n) is 3.05. The standard InChI is InChI=1S/C7H7O2S2/c8-11(10)9-6-7-4-2-1-3-5-7/h1-5H,6H2/q-1. The fourth-order valence-corrected chi connectivity index (χ4v) is 1.07. The lowest BCUT2D eigenvalue weighted by Gasteiger charge is -2.03. The van der Waals surface area contributed by atoms with Crippen LogP contribution in [0.3, 0.4) is 0 Å². The van der Waals surface area contributed by atoms with Crippen molar-refractivity contribution < 1.29 is 8.39 Å². The molecule has 1 rings (SSSR count). The number of rotatable bonds is 3. The Hall–Kier alpha value is -0.450. The summed E-state index contributed by atoms with van der Waals surface area (Å²) in [5.74, 6) is 0. The predicted octanol–water partition coefficient (Wildman–Crippen LogP) is 1.54. The van der Waals surface area contributed by atoms with Crippen LogP contribution >= 0.6 is 0 Å². The normalized spacial score (nSPS) is 10.3. The maximum atomic E-state index is 10.3. The molecule has 0 saturated heterocycles. The van der Waals surface area contributed by atoms with E-state index in [1.807, 2.05) is 30.3 Å². The molecule has 1 aromatic carbocycles. The summed E-state index contributed by atoms with van der Waals surface area (Å²) in [6.07, 6.45) is 0. The van der Waals surface area contributed by atoms with Crippen LogP contribution in [0.4, 0.5) is 0 Å². The SMILES string of the molecule is O=[S-](=S)OCc1ccccc1. The van der Waals surface area contributed by atoms with Crippen LogP contribution in [-0.4, -0.2) is 0 Å². The molecular weight excluding hydrogens is 180 g/mol. The van der Waals surface area contributed by atoms with Crippen LogP contribution in [0.5, 0.6) is 0 Å². The van der Waals surface area contributed by atoms with Crippen molar-refractivity contribution in [2.24, 2.45) is 0 Å². The zero-order valence-corrected chi connectivity index (χ0v) is 7.36. The maximum Gasteiger partial charge on any atom is 0.0512 e. The fraction of sp³-hybridized carbons (Fsp3) is 0.143. The molecular formula is C7H7O2S2-. The maximum absolute atomic E-state index is 10.3. The van der Waals surface area contributed by atoms with Crippen LogP contribution in [0.2, 0.25) is 0 Å². The van der Waals surface area contributed by atoms with Crippen molar-refractivity contribution in [3.8, 4) is 0 Å². The Morgan fingerprint density at radius 1 is 1.36 bits per heavy atom. The van der Waals surface area contributed by atoms with E-state index in [9.17, 15) is 4.21 Å². The highest BCUT2D eigenvalue weighted by molar-refractivity contribution is 8.19. The topological polar surface area (TPSA) is 26.3 Å². The molecule has 11 heavy (non-hydrogen) atoms. The molecule has 0 aromatic heterocycles. The molecule has 1 aromatic rings. The van der Waals surface area contributed by atoms with Gasteiger partial charge in [-0.3, -0.25) is 0 Å². The van der Waals surface area contributed by atoms with E-state index in [2.05, 4.69) is 11.2 Å². The van der Waals surface area contributed by atoms with Crippen LogP contribution in [0.1, 0.15) is 5.56 Å². The summed E-state index contributed by atoms with van der Waals surface area (Å²) in [6, 6.07) is 9.48. The third-order valence-electron chi connectivity index (χ3n) is 1.16. The van der Waals surface area contributed by atoms with Crippen molar-refractivity contribution >= 4 is 20.8 Å². The van der Waals surface area contributed by atoms with Crippen LogP contribution in [0.25, 0.3) is 0 Å². The van der Waals surface area contributed by atoms with Gasteiger partial charge >= 0.3 is 0 Å². The Morgan fingerprint density at radius 3 is 2.55 bits per heavy atom. The van der Waals surface area contributed by atoms with Gasteiger partial charge in [0.2, 0.25) is 0 Å². The quantitative estimate of drug-likeness (QED) is 0.671. The Balaban J connectivity index is 2.52. The highest BCUT2D eigenvalue weighted by Crippen LogP contribution is 1.99. The summed E-state index contributed by atoms with van der Waals surface area (Å²) < 4.78 is 15.0. The van der Waals surface area contributed by atoms with Crippen molar-refractivity contribution in [2.75, 3.05) is 0 Å². The van der Waals surface area contributed by atoms with Crippen molar-refractivity contribution in [2.45, 2.75) is 6.61 Å². The highest BCUT2D eigenvalue weighted by Gasteiger charge is 1.84. The smallest absolute Gasteiger partial charge is 0.0512 e. The molecule has 0 aliphatic heterocycles. The van der Waals surface area contributed by atoms with Gasteiger partial charge in [-0.25, -0.2) is 11.2 Å². The van der Waals surface area contributed by atoms with E-state index in [0.29, 0.717) is 6.61 Å².